The van der Waals surface area contributed by atoms with Crippen molar-refractivity contribution in [3.8, 4) is 10.6 Å². The molecular weight excluding hydrogens is 280 g/mol. The number of thiazole rings is 1. The van der Waals surface area contributed by atoms with Crippen LogP contribution < -0.4 is 0 Å². The second-order valence-corrected chi connectivity index (χ2v) is 4.96. The molecule has 0 fully saturated rings. The van der Waals surface area contributed by atoms with Crippen LogP contribution in [0, 0.1) is 17.0 Å². The van der Waals surface area contributed by atoms with Crippen LogP contribution in [0.25, 0.3) is 10.6 Å². The number of hydrogen-bond donors (Lipinski definition) is 0. The Morgan fingerprint density at radius 2 is 2.25 bits per heavy atom. The number of non-ortho nitro benzene ring substituents is 1. The number of esters is 1. The van der Waals surface area contributed by atoms with Gasteiger partial charge in [-0.15, -0.1) is 11.3 Å². The van der Waals surface area contributed by atoms with E-state index in [-0.39, 0.29) is 5.69 Å². The molecule has 2 rings (SSSR count). The van der Waals surface area contributed by atoms with Crippen molar-refractivity contribution in [1.29, 1.82) is 0 Å². The van der Waals surface area contributed by atoms with E-state index in [1.165, 1.54) is 23.5 Å². The van der Waals surface area contributed by atoms with Crippen molar-refractivity contribution < 1.29 is 14.5 Å². The summed E-state index contributed by atoms with van der Waals surface area (Å²) < 4.78 is 4.94. The van der Waals surface area contributed by atoms with Crippen molar-refractivity contribution in [2.75, 3.05) is 6.61 Å². The van der Waals surface area contributed by atoms with Gasteiger partial charge >= 0.3 is 5.97 Å². The molecule has 0 unspecified atom stereocenters. The number of rotatable bonds is 4. The van der Waals surface area contributed by atoms with Gasteiger partial charge in [0, 0.05) is 17.7 Å². The second-order valence-electron chi connectivity index (χ2n) is 3.96. The quantitative estimate of drug-likeness (QED) is 0.491. The zero-order valence-electron chi connectivity index (χ0n) is 11.0. The Hall–Kier alpha value is -2.28. The SMILES string of the molecule is CCOC(=O)c1sc(-c2cccc([N+](=O)[O-])c2)nc1C. The van der Waals surface area contributed by atoms with Gasteiger partial charge in [-0.2, -0.15) is 0 Å². The van der Waals surface area contributed by atoms with Gasteiger partial charge in [-0.3, -0.25) is 10.1 Å². The van der Waals surface area contributed by atoms with Gasteiger partial charge in [0.05, 0.1) is 17.2 Å². The Morgan fingerprint density at radius 3 is 2.90 bits per heavy atom. The lowest BCUT2D eigenvalue weighted by Gasteiger charge is -1.97. The van der Waals surface area contributed by atoms with Crippen molar-refractivity contribution in [3.63, 3.8) is 0 Å². The summed E-state index contributed by atoms with van der Waals surface area (Å²) in [7, 11) is 0. The van der Waals surface area contributed by atoms with Crippen LogP contribution in [0.1, 0.15) is 22.3 Å². The van der Waals surface area contributed by atoms with E-state index >= 15 is 0 Å². The zero-order chi connectivity index (χ0) is 14.7. The van der Waals surface area contributed by atoms with E-state index in [1.807, 2.05) is 0 Å². The Labute approximate surface area is 119 Å². The minimum Gasteiger partial charge on any atom is -0.462 e. The van der Waals surface area contributed by atoms with Gasteiger partial charge < -0.3 is 4.74 Å². The molecule has 0 saturated carbocycles. The number of carbonyl (C=O) groups is 1. The van der Waals surface area contributed by atoms with Crippen LogP contribution in [-0.4, -0.2) is 22.5 Å². The maximum absolute atomic E-state index is 11.7. The van der Waals surface area contributed by atoms with Crippen molar-refractivity contribution in [2.45, 2.75) is 13.8 Å². The van der Waals surface area contributed by atoms with Gasteiger partial charge in [-0.05, 0) is 13.8 Å². The Bertz CT molecular complexity index is 666. The first-order chi connectivity index (χ1) is 9.52. The van der Waals surface area contributed by atoms with Crippen LogP contribution in [0.4, 0.5) is 5.69 Å². The molecule has 0 radical (unpaired) electrons. The number of nitro benzene ring substituents is 1. The molecule has 2 aromatic rings. The molecule has 0 bridgehead atoms. The predicted molar refractivity (Wildman–Crippen MR) is 74.9 cm³/mol. The minimum absolute atomic E-state index is 0.00645. The third kappa shape index (κ3) is 2.83. The van der Waals surface area contributed by atoms with Gasteiger partial charge in [0.15, 0.2) is 0 Å². The van der Waals surface area contributed by atoms with E-state index < -0.39 is 10.9 Å². The molecule has 0 amide bonds. The van der Waals surface area contributed by atoms with Crippen molar-refractivity contribution in [2.24, 2.45) is 0 Å². The fourth-order valence-electron chi connectivity index (χ4n) is 1.66. The maximum Gasteiger partial charge on any atom is 0.350 e. The molecule has 0 atom stereocenters. The van der Waals surface area contributed by atoms with Crippen molar-refractivity contribution in [1.82, 2.24) is 4.98 Å². The summed E-state index contributed by atoms with van der Waals surface area (Å²) in [6.07, 6.45) is 0. The van der Waals surface area contributed by atoms with Crippen molar-refractivity contribution >= 4 is 23.0 Å². The molecule has 7 heteroatoms. The summed E-state index contributed by atoms with van der Waals surface area (Å²) in [5.74, 6) is -0.417. The van der Waals surface area contributed by atoms with E-state index in [1.54, 1.807) is 26.0 Å². The predicted octanol–water partition coefficient (Wildman–Crippen LogP) is 3.20. The smallest absolute Gasteiger partial charge is 0.350 e. The molecule has 6 nitrogen and oxygen atoms in total. The summed E-state index contributed by atoms with van der Waals surface area (Å²) in [5, 5.41) is 11.3. The summed E-state index contributed by atoms with van der Waals surface area (Å²) in [4.78, 5) is 26.7. The van der Waals surface area contributed by atoms with Gasteiger partial charge in [0.25, 0.3) is 5.69 Å². The van der Waals surface area contributed by atoms with Crippen LogP contribution in [0.5, 0.6) is 0 Å². The minimum atomic E-state index is -0.462. The molecule has 104 valence electrons. The molecule has 1 aromatic carbocycles. The highest BCUT2D eigenvalue weighted by Crippen LogP contribution is 2.30. The summed E-state index contributed by atoms with van der Waals surface area (Å²) in [6, 6.07) is 6.16. The maximum atomic E-state index is 11.7. The number of aryl methyl sites for hydroxylation is 1. The monoisotopic (exact) mass is 292 g/mol. The lowest BCUT2D eigenvalue weighted by Crippen LogP contribution is -2.03. The highest BCUT2D eigenvalue weighted by molar-refractivity contribution is 7.17. The van der Waals surface area contributed by atoms with Gasteiger partial charge in [0.2, 0.25) is 0 Å². The van der Waals surface area contributed by atoms with Gasteiger partial charge in [-0.25, -0.2) is 9.78 Å². The normalized spacial score (nSPS) is 10.3. The Kier molecular flexibility index (Phi) is 4.09. The summed E-state index contributed by atoms with van der Waals surface area (Å²) in [6.45, 7) is 3.74. The summed E-state index contributed by atoms with van der Waals surface area (Å²) in [5.41, 5.74) is 1.17. The van der Waals surface area contributed by atoms with Crippen LogP contribution in [0.2, 0.25) is 0 Å². The molecule has 0 aliphatic carbocycles. The number of aromatic nitrogens is 1. The second kappa shape index (κ2) is 5.79. The van der Waals surface area contributed by atoms with Crippen LogP contribution >= 0.6 is 11.3 Å². The zero-order valence-corrected chi connectivity index (χ0v) is 11.8. The first-order valence-electron chi connectivity index (χ1n) is 5.92. The number of hydrogen-bond acceptors (Lipinski definition) is 6. The third-order valence-electron chi connectivity index (χ3n) is 2.56. The van der Waals surface area contributed by atoms with E-state index in [2.05, 4.69) is 4.98 Å². The first-order valence-corrected chi connectivity index (χ1v) is 6.74. The average molecular weight is 292 g/mol. The molecular formula is C13H12N2O4S. The molecule has 0 spiro atoms. The topological polar surface area (TPSA) is 82.3 Å². The highest BCUT2D eigenvalue weighted by atomic mass is 32.1. The first kappa shape index (κ1) is 14.1. The number of benzene rings is 1. The lowest BCUT2D eigenvalue weighted by molar-refractivity contribution is -0.384. The van der Waals surface area contributed by atoms with E-state index in [4.69, 9.17) is 4.74 Å². The fraction of sp³-hybridized carbons (Fsp3) is 0.231. The Morgan fingerprint density at radius 1 is 1.50 bits per heavy atom. The number of carbonyl (C=O) groups excluding carboxylic acids is 1. The lowest BCUT2D eigenvalue weighted by atomic mass is 10.2. The number of nitro groups is 1. The van der Waals surface area contributed by atoms with Crippen molar-refractivity contribution in [3.05, 3.63) is 45.0 Å². The number of nitrogens with zero attached hydrogens (tertiary/aromatic N) is 2. The Balaban J connectivity index is 2.39. The average Bonchev–Trinajstić information content (AvgIpc) is 2.81. The van der Waals surface area contributed by atoms with Crippen LogP contribution in [-0.2, 0) is 4.74 Å². The largest absolute Gasteiger partial charge is 0.462 e. The van der Waals surface area contributed by atoms with Gasteiger partial charge in [0.1, 0.15) is 9.88 Å². The molecule has 1 heterocycles. The molecule has 0 N–H and O–H groups in total. The molecule has 1 aromatic heterocycles. The highest BCUT2D eigenvalue weighted by Gasteiger charge is 2.18. The van der Waals surface area contributed by atoms with E-state index in [0.29, 0.717) is 27.7 Å². The van der Waals surface area contributed by atoms with E-state index in [0.717, 1.165) is 0 Å². The standard InChI is InChI=1S/C13H12N2O4S/c1-3-19-13(16)11-8(2)14-12(20-11)9-5-4-6-10(7-9)15(17)18/h4-7H,3H2,1-2H3. The number of ether oxygens (including phenoxy) is 1. The molecule has 20 heavy (non-hydrogen) atoms. The third-order valence-corrected chi connectivity index (χ3v) is 3.75. The fourth-order valence-corrected chi connectivity index (χ4v) is 2.61. The van der Waals surface area contributed by atoms with Crippen LogP contribution in [0.3, 0.4) is 0 Å². The molecule has 0 aliphatic heterocycles. The summed E-state index contributed by atoms with van der Waals surface area (Å²) >= 11 is 1.17. The van der Waals surface area contributed by atoms with Gasteiger partial charge in [-0.1, -0.05) is 12.1 Å². The molecule has 0 aliphatic rings. The molecule has 0 saturated heterocycles. The van der Waals surface area contributed by atoms with Crippen LogP contribution in [0.15, 0.2) is 24.3 Å². The van der Waals surface area contributed by atoms with E-state index in [9.17, 15) is 14.9 Å².